The van der Waals surface area contributed by atoms with E-state index in [1.807, 2.05) is 0 Å². The third-order valence-electron chi connectivity index (χ3n) is 1.85. The van der Waals surface area contributed by atoms with E-state index in [0.29, 0.717) is 6.07 Å². The molecule has 0 unspecified atom stereocenters. The first-order chi connectivity index (χ1) is 9.28. The number of nitrogens with zero attached hydrogens (tertiary/aromatic N) is 1. The topological polar surface area (TPSA) is 71.5 Å². The van der Waals surface area contributed by atoms with Crippen LogP contribution in [0.1, 0.15) is 0 Å². The van der Waals surface area contributed by atoms with Gasteiger partial charge in [0.15, 0.2) is 11.6 Å². The van der Waals surface area contributed by atoms with Gasteiger partial charge in [-0.05, 0) is 27.2 Å². The van der Waals surface area contributed by atoms with Crippen LogP contribution in [0.25, 0.3) is 0 Å². The van der Waals surface area contributed by atoms with Crippen molar-refractivity contribution < 1.29 is 38.8 Å². The van der Waals surface area contributed by atoms with Crippen LogP contribution >= 0.6 is 11.9 Å². The molecule has 0 saturated carbocycles. The minimum absolute atomic E-state index is 0. The molecule has 0 heterocycles. The summed E-state index contributed by atoms with van der Waals surface area (Å²) in [6, 6.07) is 2.23. The first kappa shape index (κ1) is 21.7. The number of alkyl halides is 3. The normalized spacial score (nSPS) is 13.0. The monoisotopic (exact) mass is 379 g/mol. The average Bonchev–Trinajstić information content (AvgIpc) is 2.27. The van der Waals surface area contributed by atoms with Gasteiger partial charge in [-0.2, -0.15) is 13.2 Å². The second-order valence-electron chi connectivity index (χ2n) is 3.52. The molecule has 22 heavy (non-hydrogen) atoms. The van der Waals surface area contributed by atoms with Crippen LogP contribution in [-0.4, -0.2) is 50.6 Å². The molecular formula is C8H7F5LiNO4S3. The van der Waals surface area contributed by atoms with Crippen molar-refractivity contribution in [1.29, 1.82) is 0 Å². The van der Waals surface area contributed by atoms with E-state index in [1.54, 1.807) is 0 Å². The molecule has 0 amide bonds. The van der Waals surface area contributed by atoms with Gasteiger partial charge in [0.1, 0.15) is 0 Å². The van der Waals surface area contributed by atoms with Crippen molar-refractivity contribution >= 4 is 50.9 Å². The van der Waals surface area contributed by atoms with Gasteiger partial charge in [0.05, 0.1) is 11.2 Å². The van der Waals surface area contributed by atoms with Gasteiger partial charge in [0.25, 0.3) is 0 Å². The molecular weight excluding hydrogens is 372 g/mol. The molecule has 0 radical (unpaired) electrons. The van der Waals surface area contributed by atoms with E-state index in [2.05, 4.69) is 0 Å². The van der Waals surface area contributed by atoms with E-state index < -0.39 is 57.1 Å². The Hall–Kier alpha value is -0.323. The van der Waals surface area contributed by atoms with E-state index in [9.17, 15) is 38.8 Å². The fraction of sp³-hybridized carbons (Fsp3) is 0.250. The summed E-state index contributed by atoms with van der Waals surface area (Å²) in [6.45, 7) is 0. The fourth-order valence-electron chi connectivity index (χ4n) is 1.01. The molecule has 1 aromatic carbocycles. The third kappa shape index (κ3) is 4.59. The minimum atomic E-state index is -6.30. The Morgan fingerprint density at radius 1 is 1.09 bits per heavy atom. The summed E-state index contributed by atoms with van der Waals surface area (Å²) in [5, 5.41) is 0. The zero-order chi connectivity index (χ0) is 16.6. The van der Waals surface area contributed by atoms with Gasteiger partial charge in [0, 0.05) is 0 Å². The molecule has 0 aliphatic heterocycles. The van der Waals surface area contributed by atoms with E-state index in [0.717, 1.165) is 12.1 Å². The third-order valence-corrected chi connectivity index (χ3v) is 7.28. The van der Waals surface area contributed by atoms with Gasteiger partial charge in [-0.3, -0.25) is 0 Å². The number of hydrogen-bond donors (Lipinski definition) is 0. The van der Waals surface area contributed by atoms with Crippen LogP contribution in [0.5, 0.6) is 0 Å². The summed E-state index contributed by atoms with van der Waals surface area (Å²) >= 11 is -0.607. The molecule has 0 fully saturated rings. The zero-order valence-electron chi connectivity index (χ0n) is 9.93. The quantitative estimate of drug-likeness (QED) is 0.450. The molecule has 0 saturated heterocycles. The summed E-state index contributed by atoms with van der Waals surface area (Å²) < 4.78 is 107. The van der Waals surface area contributed by atoms with Gasteiger partial charge in [-0.25, -0.2) is 25.6 Å². The van der Waals surface area contributed by atoms with Crippen molar-refractivity contribution in [2.45, 2.75) is 10.4 Å². The van der Waals surface area contributed by atoms with Crippen LogP contribution in [-0.2, 0) is 20.0 Å². The van der Waals surface area contributed by atoms with Crippen molar-refractivity contribution in [2.75, 3.05) is 6.26 Å². The maximum atomic E-state index is 13.3. The van der Waals surface area contributed by atoms with Crippen molar-refractivity contribution in [1.82, 2.24) is 3.12 Å². The average molecular weight is 379 g/mol. The predicted octanol–water partition coefficient (Wildman–Crippen LogP) is 1.43. The maximum absolute atomic E-state index is 13.3. The summed E-state index contributed by atoms with van der Waals surface area (Å²) in [5.74, 6) is -3.15. The standard InChI is InChI=1S/C8H6F5NO4S3.Li.H/c1-20(15,16)14(21(17,18)8(11,12)13)19-6-4-2-3-5(9)7(6)10;;/h2-4H,1H3;;. The SMILES string of the molecule is CS(=O)(=O)N(Sc1cccc(F)c1F)S(=O)(=O)C(F)(F)F.[LiH]. The van der Waals surface area contributed by atoms with Gasteiger partial charge < -0.3 is 0 Å². The Labute approximate surface area is 139 Å². The zero-order valence-corrected chi connectivity index (χ0v) is 12.4. The molecule has 1 aromatic rings. The first-order valence-corrected chi connectivity index (χ1v) is 8.78. The van der Waals surface area contributed by atoms with Crippen LogP contribution in [0.3, 0.4) is 0 Å². The summed E-state index contributed by atoms with van der Waals surface area (Å²) in [5.41, 5.74) is -5.92. The van der Waals surface area contributed by atoms with Gasteiger partial charge >= 0.3 is 34.4 Å². The number of hydrogen-bond acceptors (Lipinski definition) is 5. The van der Waals surface area contributed by atoms with Crippen molar-refractivity contribution in [2.24, 2.45) is 0 Å². The first-order valence-electron chi connectivity index (χ1n) is 4.72. The van der Waals surface area contributed by atoms with Crippen molar-refractivity contribution in [3.63, 3.8) is 0 Å². The molecule has 0 aliphatic rings. The molecule has 0 atom stereocenters. The predicted molar refractivity (Wildman–Crippen MR) is 71.0 cm³/mol. The van der Waals surface area contributed by atoms with Crippen LogP contribution in [0.4, 0.5) is 22.0 Å². The van der Waals surface area contributed by atoms with Gasteiger partial charge in [-0.1, -0.05) is 6.07 Å². The van der Waals surface area contributed by atoms with E-state index in [4.69, 9.17) is 0 Å². The summed E-state index contributed by atoms with van der Waals surface area (Å²) in [6.07, 6.45) is 0.181. The Morgan fingerprint density at radius 3 is 2.00 bits per heavy atom. The molecule has 0 aliphatic carbocycles. The van der Waals surface area contributed by atoms with Gasteiger partial charge in [-0.15, -0.1) is 0 Å². The molecule has 5 nitrogen and oxygen atoms in total. The van der Waals surface area contributed by atoms with Crippen molar-refractivity contribution in [3.05, 3.63) is 29.8 Å². The van der Waals surface area contributed by atoms with E-state index in [-0.39, 0.29) is 25.1 Å². The molecule has 14 heteroatoms. The van der Waals surface area contributed by atoms with Crippen LogP contribution < -0.4 is 0 Å². The molecule has 0 N–H and O–H groups in total. The number of sulfonamides is 2. The van der Waals surface area contributed by atoms with E-state index >= 15 is 0 Å². The molecule has 0 spiro atoms. The molecule has 0 bridgehead atoms. The fourth-order valence-corrected chi connectivity index (χ4v) is 5.01. The van der Waals surface area contributed by atoms with E-state index in [1.165, 1.54) is 0 Å². The van der Waals surface area contributed by atoms with Gasteiger partial charge in [0.2, 0.25) is 10.0 Å². The summed E-state index contributed by atoms with van der Waals surface area (Å²) in [7, 11) is -11.2. The number of benzene rings is 1. The Morgan fingerprint density at radius 2 is 1.59 bits per heavy atom. The summed E-state index contributed by atoms with van der Waals surface area (Å²) in [4.78, 5) is -0.937. The van der Waals surface area contributed by atoms with Crippen molar-refractivity contribution in [3.8, 4) is 0 Å². The number of halogens is 5. The Kier molecular flexibility index (Phi) is 6.96. The Bertz CT molecular complexity index is 750. The molecule has 122 valence electrons. The van der Waals surface area contributed by atoms with Crippen LogP contribution in [0, 0.1) is 11.6 Å². The molecule has 1 rings (SSSR count). The molecule has 0 aromatic heterocycles. The second kappa shape index (κ2) is 7.06. The Balaban J connectivity index is 0.00000441. The number of rotatable bonds is 4. The second-order valence-corrected chi connectivity index (χ2v) is 8.81. The van der Waals surface area contributed by atoms with Crippen LogP contribution in [0.15, 0.2) is 23.1 Å². The van der Waals surface area contributed by atoms with Crippen LogP contribution in [0.2, 0.25) is 0 Å².